The van der Waals surface area contributed by atoms with Crippen LogP contribution in [0.4, 0.5) is 0 Å². The van der Waals surface area contributed by atoms with E-state index in [0.29, 0.717) is 35.6 Å². The van der Waals surface area contributed by atoms with Crippen LogP contribution in [0.3, 0.4) is 0 Å². The first-order chi connectivity index (χ1) is 11.8. The molecule has 2 N–H and O–H groups in total. The number of ether oxygens (including phenoxy) is 3. The largest absolute Gasteiger partial charge is 0.456 e. The zero-order chi connectivity index (χ0) is 16.1. The molecule has 0 radical (unpaired) electrons. The molecule has 0 spiro atoms. The van der Waals surface area contributed by atoms with Crippen molar-refractivity contribution in [1.29, 1.82) is 0 Å². The van der Waals surface area contributed by atoms with Gasteiger partial charge in [-0.15, -0.1) is 0 Å². The molecule has 2 saturated heterocycles. The van der Waals surface area contributed by atoms with Crippen molar-refractivity contribution in [3.8, 4) is 17.3 Å². The lowest BCUT2D eigenvalue weighted by atomic mass is 10.1. The van der Waals surface area contributed by atoms with Crippen molar-refractivity contribution in [3.63, 3.8) is 0 Å². The first-order valence-electron chi connectivity index (χ1n) is 7.87. The van der Waals surface area contributed by atoms with Gasteiger partial charge in [0.15, 0.2) is 11.8 Å². The number of halogens is 1. The van der Waals surface area contributed by atoms with Crippen LogP contribution in [0.1, 0.15) is 6.42 Å². The number of nitrogens with one attached hydrogen (secondary N) is 2. The highest BCUT2D eigenvalue weighted by Gasteiger charge is 2.43. The molecule has 8 heteroatoms. The van der Waals surface area contributed by atoms with Crippen LogP contribution >= 0.6 is 11.6 Å². The van der Waals surface area contributed by atoms with Gasteiger partial charge in [-0.25, -0.2) is 4.98 Å². The Morgan fingerprint density at radius 3 is 3.12 bits per heavy atom. The fourth-order valence-corrected chi connectivity index (χ4v) is 3.56. The molecule has 3 aromatic rings. The monoisotopic (exact) mass is 346 g/mol. The molecule has 5 rings (SSSR count). The predicted molar refractivity (Wildman–Crippen MR) is 87.2 cm³/mol. The predicted octanol–water partition coefficient (Wildman–Crippen LogP) is 2.54. The van der Waals surface area contributed by atoms with Crippen LogP contribution in [0.2, 0.25) is 5.02 Å². The lowest BCUT2D eigenvalue weighted by Gasteiger charge is -2.15. The topological polar surface area (TPSA) is 85.1 Å². The van der Waals surface area contributed by atoms with E-state index in [9.17, 15) is 0 Å². The van der Waals surface area contributed by atoms with Gasteiger partial charge in [-0.3, -0.25) is 0 Å². The Morgan fingerprint density at radius 1 is 1.29 bits per heavy atom. The second-order valence-corrected chi connectivity index (χ2v) is 6.39. The summed E-state index contributed by atoms with van der Waals surface area (Å²) >= 11 is 6.34. The number of nitrogens with zero attached hydrogens (tertiary/aromatic N) is 2. The molecule has 0 amide bonds. The molecule has 1 unspecified atom stereocenters. The second-order valence-electron chi connectivity index (χ2n) is 5.98. The van der Waals surface area contributed by atoms with Gasteiger partial charge in [-0.1, -0.05) is 11.6 Å². The van der Waals surface area contributed by atoms with Gasteiger partial charge in [0.05, 0.1) is 28.9 Å². The average molecular weight is 347 g/mol. The smallest absolute Gasteiger partial charge is 0.296 e. The van der Waals surface area contributed by atoms with Crippen molar-refractivity contribution in [1.82, 2.24) is 19.9 Å². The molecule has 5 heterocycles. The Balaban J connectivity index is 1.45. The van der Waals surface area contributed by atoms with Crippen LogP contribution in [0, 0.1) is 0 Å². The Morgan fingerprint density at radius 2 is 2.25 bits per heavy atom. The molecule has 7 nitrogen and oxygen atoms in total. The summed E-state index contributed by atoms with van der Waals surface area (Å²) in [6, 6.07) is 4.13. The van der Waals surface area contributed by atoms with Crippen LogP contribution in [0.5, 0.6) is 6.01 Å². The van der Waals surface area contributed by atoms with Crippen molar-refractivity contribution >= 4 is 22.8 Å². The van der Waals surface area contributed by atoms with Gasteiger partial charge < -0.3 is 24.2 Å². The van der Waals surface area contributed by atoms with E-state index in [2.05, 4.69) is 19.9 Å². The normalized spacial score (nSPS) is 26.1. The SMILES string of the molecule is Clc1cc2[nH]c(OC3CO[C@@H]4CCO[C@H]34)nc2nc1-c1cc[nH]c1. The zero-order valence-corrected chi connectivity index (χ0v) is 13.4. The van der Waals surface area contributed by atoms with E-state index in [1.807, 2.05) is 24.5 Å². The molecular weight excluding hydrogens is 332 g/mol. The maximum Gasteiger partial charge on any atom is 0.296 e. The molecule has 0 bridgehead atoms. The highest BCUT2D eigenvalue weighted by atomic mass is 35.5. The number of pyridine rings is 1. The van der Waals surface area contributed by atoms with Crippen molar-refractivity contribution in [2.24, 2.45) is 0 Å². The van der Waals surface area contributed by atoms with E-state index < -0.39 is 0 Å². The van der Waals surface area contributed by atoms with Gasteiger partial charge in [0.1, 0.15) is 6.10 Å². The Kier molecular flexibility index (Phi) is 3.26. The number of hydrogen-bond acceptors (Lipinski definition) is 5. The van der Waals surface area contributed by atoms with Crippen LogP contribution in [-0.4, -0.2) is 51.5 Å². The number of H-pyrrole nitrogens is 2. The molecule has 3 atom stereocenters. The van der Waals surface area contributed by atoms with Gasteiger partial charge >= 0.3 is 0 Å². The van der Waals surface area contributed by atoms with E-state index in [1.165, 1.54) is 0 Å². The third kappa shape index (κ3) is 2.28. The maximum absolute atomic E-state index is 6.34. The fraction of sp³-hybridized carbons (Fsp3) is 0.375. The number of rotatable bonds is 3. The summed E-state index contributed by atoms with van der Waals surface area (Å²) in [5.74, 6) is 0. The van der Waals surface area contributed by atoms with Crippen molar-refractivity contribution in [3.05, 3.63) is 29.5 Å². The molecule has 0 saturated carbocycles. The molecule has 0 aliphatic carbocycles. The number of fused-ring (bicyclic) bond motifs is 2. The quantitative estimate of drug-likeness (QED) is 0.761. The summed E-state index contributed by atoms with van der Waals surface area (Å²) < 4.78 is 17.3. The first-order valence-corrected chi connectivity index (χ1v) is 8.25. The van der Waals surface area contributed by atoms with E-state index >= 15 is 0 Å². The van der Waals surface area contributed by atoms with Crippen molar-refractivity contribution < 1.29 is 14.2 Å². The van der Waals surface area contributed by atoms with E-state index in [0.717, 1.165) is 17.5 Å². The van der Waals surface area contributed by atoms with Gasteiger partial charge in [0, 0.05) is 24.6 Å². The molecule has 24 heavy (non-hydrogen) atoms. The minimum atomic E-state index is -0.155. The molecule has 3 aromatic heterocycles. The number of imidazole rings is 1. The Hall–Kier alpha value is -2.09. The second kappa shape index (κ2) is 5.47. The first kappa shape index (κ1) is 14.3. The van der Waals surface area contributed by atoms with Crippen LogP contribution in [-0.2, 0) is 9.47 Å². The minimum absolute atomic E-state index is 0.0230. The summed E-state index contributed by atoms with van der Waals surface area (Å²) in [6.07, 6.45) is 4.55. The summed E-state index contributed by atoms with van der Waals surface area (Å²) in [7, 11) is 0. The zero-order valence-electron chi connectivity index (χ0n) is 12.7. The van der Waals surface area contributed by atoms with Crippen LogP contribution in [0.25, 0.3) is 22.4 Å². The standard InChI is InChI=1S/C16H15ClN4O3/c17-9-5-10-15(20-13(9)8-1-3-18-6-8)21-16(19-10)24-12-7-23-11-2-4-22-14(11)12/h1,3,5-6,11-12,14,18H,2,4,7H2,(H,19,20,21)/t11-,12?,14+/m1/s1. The van der Waals surface area contributed by atoms with Crippen LogP contribution < -0.4 is 4.74 Å². The van der Waals surface area contributed by atoms with E-state index in [4.69, 9.17) is 25.8 Å². The maximum atomic E-state index is 6.34. The van der Waals surface area contributed by atoms with Gasteiger partial charge in [0.25, 0.3) is 6.01 Å². The minimum Gasteiger partial charge on any atom is -0.456 e. The summed E-state index contributed by atoms with van der Waals surface area (Å²) in [5, 5.41) is 0.556. The Labute approximate surface area is 142 Å². The van der Waals surface area contributed by atoms with Crippen molar-refractivity contribution in [2.45, 2.75) is 24.7 Å². The Bertz CT molecular complexity index is 879. The summed E-state index contributed by atoms with van der Waals surface area (Å²) in [5.41, 5.74) is 2.90. The van der Waals surface area contributed by atoms with E-state index in [1.54, 1.807) is 0 Å². The van der Waals surface area contributed by atoms with Crippen molar-refractivity contribution in [2.75, 3.05) is 13.2 Å². The van der Waals surface area contributed by atoms with Gasteiger partial charge in [0.2, 0.25) is 0 Å². The molecular formula is C16H15ClN4O3. The summed E-state index contributed by atoms with van der Waals surface area (Å²) in [4.78, 5) is 15.1. The molecule has 124 valence electrons. The number of hydrogen-bond donors (Lipinski definition) is 2. The molecule has 2 aliphatic rings. The van der Waals surface area contributed by atoms with Gasteiger partial charge in [-0.05, 0) is 18.6 Å². The fourth-order valence-electron chi connectivity index (χ4n) is 3.30. The average Bonchev–Trinajstić information content (AvgIpc) is 3.31. The highest BCUT2D eigenvalue weighted by Crippen LogP contribution is 2.31. The highest BCUT2D eigenvalue weighted by molar-refractivity contribution is 6.33. The van der Waals surface area contributed by atoms with Crippen LogP contribution in [0.15, 0.2) is 24.5 Å². The third-order valence-corrected chi connectivity index (χ3v) is 4.75. The number of aromatic nitrogens is 4. The van der Waals surface area contributed by atoms with E-state index in [-0.39, 0.29) is 18.3 Å². The molecule has 2 aliphatic heterocycles. The molecule has 0 aromatic carbocycles. The van der Waals surface area contributed by atoms with Gasteiger partial charge in [-0.2, -0.15) is 4.98 Å². The lowest BCUT2D eigenvalue weighted by Crippen LogP contribution is -2.32. The third-order valence-electron chi connectivity index (χ3n) is 4.46. The lowest BCUT2D eigenvalue weighted by molar-refractivity contribution is 0.0273. The molecule has 2 fully saturated rings. The summed E-state index contributed by atoms with van der Waals surface area (Å²) in [6.45, 7) is 1.22. The number of aromatic amines is 2.